The predicted molar refractivity (Wildman–Crippen MR) is 71.9 cm³/mol. The molecule has 0 spiro atoms. The number of hydrogen-bond donors (Lipinski definition) is 2. The molecule has 3 nitrogen and oxygen atoms in total. The summed E-state index contributed by atoms with van der Waals surface area (Å²) < 4.78 is 0. The van der Waals surface area contributed by atoms with Crippen LogP contribution in [0.2, 0.25) is 0 Å². The molecule has 0 radical (unpaired) electrons. The molecule has 2 rings (SSSR count). The second kappa shape index (κ2) is 5.65. The van der Waals surface area contributed by atoms with E-state index in [0.29, 0.717) is 11.8 Å². The smallest absolute Gasteiger partial charge is 0.227 e. The Kier molecular flexibility index (Phi) is 4.44. The minimum absolute atomic E-state index is 0.192. The van der Waals surface area contributed by atoms with Crippen molar-refractivity contribution in [2.24, 2.45) is 11.1 Å². The van der Waals surface area contributed by atoms with E-state index in [9.17, 15) is 4.79 Å². The van der Waals surface area contributed by atoms with E-state index in [0.717, 1.165) is 25.8 Å². The summed E-state index contributed by atoms with van der Waals surface area (Å²) in [6.45, 7) is 1.32. The van der Waals surface area contributed by atoms with Gasteiger partial charge < -0.3 is 11.1 Å². The minimum atomic E-state index is -0.216. The molecule has 1 saturated heterocycles. The predicted octanol–water partition coefficient (Wildman–Crippen LogP) is 1.08. The Morgan fingerprint density at radius 3 is 2.75 bits per heavy atom. The molecule has 5 heteroatoms. The van der Waals surface area contributed by atoms with Gasteiger partial charge in [-0.2, -0.15) is 23.5 Å². The molecule has 2 fully saturated rings. The van der Waals surface area contributed by atoms with Gasteiger partial charge in [0.15, 0.2) is 0 Å². The second-order valence-electron chi connectivity index (χ2n) is 4.62. The van der Waals surface area contributed by atoms with E-state index >= 15 is 0 Å². The van der Waals surface area contributed by atoms with Crippen LogP contribution in [-0.2, 0) is 4.79 Å². The molecular formula is C11H20N2OS2. The monoisotopic (exact) mass is 260 g/mol. The minimum Gasteiger partial charge on any atom is -0.354 e. The molecule has 1 atom stereocenters. The summed E-state index contributed by atoms with van der Waals surface area (Å²) >= 11 is 3.97. The summed E-state index contributed by atoms with van der Waals surface area (Å²) in [7, 11) is 0. The largest absolute Gasteiger partial charge is 0.354 e. The fourth-order valence-corrected chi connectivity index (χ4v) is 4.79. The molecule has 1 heterocycles. The molecular weight excluding hydrogens is 240 g/mol. The number of hydrogen-bond acceptors (Lipinski definition) is 4. The fraction of sp³-hybridized carbons (Fsp3) is 0.909. The van der Waals surface area contributed by atoms with Crippen LogP contribution in [0.1, 0.15) is 19.3 Å². The lowest BCUT2D eigenvalue weighted by Crippen LogP contribution is -2.51. The van der Waals surface area contributed by atoms with E-state index in [4.69, 9.17) is 5.73 Å². The third-order valence-corrected chi connectivity index (χ3v) is 6.40. The molecule has 0 aromatic rings. The molecule has 0 aromatic carbocycles. The molecule has 0 aromatic heterocycles. The van der Waals surface area contributed by atoms with Gasteiger partial charge in [-0.25, -0.2) is 0 Å². The Balaban J connectivity index is 1.74. The van der Waals surface area contributed by atoms with E-state index in [1.165, 1.54) is 17.3 Å². The first-order chi connectivity index (χ1) is 7.77. The quantitative estimate of drug-likeness (QED) is 0.794. The normalized spacial score (nSPS) is 28.2. The number of thioether (sulfide) groups is 2. The molecule has 1 aliphatic heterocycles. The van der Waals surface area contributed by atoms with Crippen molar-refractivity contribution in [3.63, 3.8) is 0 Å². The van der Waals surface area contributed by atoms with Gasteiger partial charge >= 0.3 is 0 Å². The van der Waals surface area contributed by atoms with E-state index in [2.05, 4.69) is 5.32 Å². The summed E-state index contributed by atoms with van der Waals surface area (Å²) in [5, 5.41) is 3.69. The SMILES string of the molecule is NCC1(C(=O)NCC2CSCCS2)CCC1. The Hall–Kier alpha value is 0.130. The maximum Gasteiger partial charge on any atom is 0.227 e. The Morgan fingerprint density at radius 1 is 1.44 bits per heavy atom. The molecule has 1 aliphatic carbocycles. The van der Waals surface area contributed by atoms with Gasteiger partial charge in [0.1, 0.15) is 0 Å². The highest BCUT2D eigenvalue weighted by Crippen LogP contribution is 2.40. The number of nitrogens with one attached hydrogen (secondary N) is 1. The number of amides is 1. The molecule has 0 bridgehead atoms. The van der Waals surface area contributed by atoms with Crippen LogP contribution in [-0.4, -0.2) is 41.5 Å². The topological polar surface area (TPSA) is 55.1 Å². The second-order valence-corrected chi connectivity index (χ2v) is 7.17. The number of carbonyl (C=O) groups is 1. The van der Waals surface area contributed by atoms with Crippen molar-refractivity contribution in [2.45, 2.75) is 24.5 Å². The first-order valence-corrected chi connectivity index (χ1v) is 8.15. The average molecular weight is 260 g/mol. The van der Waals surface area contributed by atoms with Crippen molar-refractivity contribution in [1.82, 2.24) is 5.32 Å². The number of carbonyl (C=O) groups excluding carboxylic acids is 1. The molecule has 1 saturated carbocycles. The van der Waals surface area contributed by atoms with Crippen LogP contribution >= 0.6 is 23.5 Å². The zero-order chi connectivity index (χ0) is 11.4. The van der Waals surface area contributed by atoms with E-state index < -0.39 is 0 Å². The van der Waals surface area contributed by atoms with Gasteiger partial charge in [0.25, 0.3) is 0 Å². The van der Waals surface area contributed by atoms with Crippen molar-refractivity contribution >= 4 is 29.4 Å². The van der Waals surface area contributed by atoms with Crippen LogP contribution in [0, 0.1) is 5.41 Å². The number of nitrogens with two attached hydrogens (primary N) is 1. The molecule has 92 valence electrons. The summed E-state index contributed by atoms with van der Waals surface area (Å²) in [5.41, 5.74) is 5.49. The lowest BCUT2D eigenvalue weighted by molar-refractivity contribution is -0.135. The Morgan fingerprint density at radius 2 is 2.25 bits per heavy atom. The van der Waals surface area contributed by atoms with Gasteiger partial charge in [-0.15, -0.1) is 0 Å². The van der Waals surface area contributed by atoms with Crippen LogP contribution in [0.15, 0.2) is 0 Å². The summed E-state index contributed by atoms with van der Waals surface area (Å²) in [6.07, 6.45) is 3.10. The van der Waals surface area contributed by atoms with Crippen molar-refractivity contribution in [3.8, 4) is 0 Å². The van der Waals surface area contributed by atoms with E-state index in [-0.39, 0.29) is 11.3 Å². The third-order valence-electron chi connectivity index (χ3n) is 3.56. The molecule has 2 aliphatic rings. The summed E-state index contributed by atoms with van der Waals surface area (Å²) in [6, 6.07) is 0. The van der Waals surface area contributed by atoms with Gasteiger partial charge in [0.05, 0.1) is 5.41 Å². The van der Waals surface area contributed by atoms with Crippen molar-refractivity contribution in [3.05, 3.63) is 0 Å². The fourth-order valence-electron chi connectivity index (χ4n) is 2.18. The highest BCUT2D eigenvalue weighted by atomic mass is 32.2. The lowest BCUT2D eigenvalue weighted by atomic mass is 9.68. The van der Waals surface area contributed by atoms with Gasteiger partial charge in [0, 0.05) is 35.6 Å². The van der Waals surface area contributed by atoms with Crippen LogP contribution in [0.5, 0.6) is 0 Å². The highest BCUT2D eigenvalue weighted by Gasteiger charge is 2.42. The van der Waals surface area contributed by atoms with E-state index in [1.54, 1.807) is 0 Å². The van der Waals surface area contributed by atoms with Crippen LogP contribution in [0.4, 0.5) is 0 Å². The molecule has 1 amide bonds. The van der Waals surface area contributed by atoms with Crippen molar-refractivity contribution < 1.29 is 4.79 Å². The Labute approximate surface area is 106 Å². The third kappa shape index (κ3) is 2.68. The van der Waals surface area contributed by atoms with Gasteiger partial charge in [0.2, 0.25) is 5.91 Å². The average Bonchev–Trinajstić information content (AvgIpc) is 2.27. The first kappa shape index (κ1) is 12.6. The van der Waals surface area contributed by atoms with Crippen molar-refractivity contribution in [2.75, 3.05) is 30.3 Å². The van der Waals surface area contributed by atoms with Gasteiger partial charge in [-0.1, -0.05) is 6.42 Å². The summed E-state index contributed by atoms with van der Waals surface area (Å²) in [5.74, 6) is 3.83. The van der Waals surface area contributed by atoms with Crippen LogP contribution in [0.3, 0.4) is 0 Å². The maximum atomic E-state index is 12.0. The number of rotatable bonds is 4. The lowest BCUT2D eigenvalue weighted by Gasteiger charge is -2.39. The molecule has 1 unspecified atom stereocenters. The molecule has 16 heavy (non-hydrogen) atoms. The zero-order valence-electron chi connectivity index (χ0n) is 9.54. The summed E-state index contributed by atoms with van der Waals surface area (Å²) in [4.78, 5) is 12.0. The standard InChI is InChI=1S/C11H20N2OS2/c12-8-11(2-1-3-11)10(14)13-6-9-7-15-4-5-16-9/h9H,1-8,12H2,(H,13,14). The highest BCUT2D eigenvalue weighted by molar-refractivity contribution is 8.06. The van der Waals surface area contributed by atoms with Crippen molar-refractivity contribution in [1.29, 1.82) is 0 Å². The van der Waals surface area contributed by atoms with E-state index in [1.807, 2.05) is 23.5 Å². The Bertz CT molecular complexity index is 245. The van der Waals surface area contributed by atoms with Gasteiger partial charge in [-0.3, -0.25) is 4.79 Å². The van der Waals surface area contributed by atoms with Crippen LogP contribution in [0.25, 0.3) is 0 Å². The van der Waals surface area contributed by atoms with Crippen LogP contribution < -0.4 is 11.1 Å². The maximum absolute atomic E-state index is 12.0. The molecule has 3 N–H and O–H groups in total. The van der Waals surface area contributed by atoms with Gasteiger partial charge in [-0.05, 0) is 12.8 Å². The first-order valence-electron chi connectivity index (χ1n) is 5.94. The zero-order valence-corrected chi connectivity index (χ0v) is 11.2.